The Morgan fingerprint density at radius 1 is 1.10 bits per heavy atom. The van der Waals surface area contributed by atoms with Crippen molar-refractivity contribution < 1.29 is 18.3 Å². The molecule has 152 valence electrons. The number of sulfonamides is 1. The van der Waals surface area contributed by atoms with Gasteiger partial charge < -0.3 is 10.0 Å². The highest BCUT2D eigenvalue weighted by Gasteiger charge is 2.22. The third-order valence-electron chi connectivity index (χ3n) is 4.79. The Bertz CT molecular complexity index is 1010. The van der Waals surface area contributed by atoms with Crippen molar-refractivity contribution in [1.82, 2.24) is 4.90 Å². The molecule has 2 aromatic carbocycles. The number of rotatable bonds is 7. The third kappa shape index (κ3) is 5.04. The standard InChI is InChI=1S/C20H22N4O4S/c21-9-4-10-23-11-13-24(14-12-23)19-8-7-16(15-18(19)20(25)26)22-29(27,28)17-5-2-1-3-6-17/h1-3,5-8,15,22H,4,10-14H2,(H,25,26). The Hall–Kier alpha value is -3.09. The topological polar surface area (TPSA) is 114 Å². The van der Waals surface area contributed by atoms with Gasteiger partial charge in [0.1, 0.15) is 0 Å². The fourth-order valence-electron chi connectivity index (χ4n) is 3.28. The molecule has 29 heavy (non-hydrogen) atoms. The number of carboxylic acid groups (broad SMARTS) is 1. The van der Waals surface area contributed by atoms with Crippen molar-refractivity contribution >= 4 is 27.4 Å². The quantitative estimate of drug-likeness (QED) is 0.714. The lowest BCUT2D eigenvalue weighted by atomic mass is 10.1. The first-order valence-corrected chi connectivity index (χ1v) is 10.7. The maximum absolute atomic E-state index is 12.5. The van der Waals surface area contributed by atoms with Crippen LogP contribution in [0.4, 0.5) is 11.4 Å². The maximum atomic E-state index is 12.5. The number of hydrogen-bond acceptors (Lipinski definition) is 6. The zero-order valence-electron chi connectivity index (χ0n) is 15.8. The molecule has 1 aliphatic rings. The van der Waals surface area contributed by atoms with Crippen LogP contribution >= 0.6 is 0 Å². The van der Waals surface area contributed by atoms with Gasteiger partial charge in [0.25, 0.3) is 10.0 Å². The molecule has 0 saturated carbocycles. The van der Waals surface area contributed by atoms with Crippen molar-refractivity contribution in [2.45, 2.75) is 11.3 Å². The molecule has 1 heterocycles. The fourth-order valence-corrected chi connectivity index (χ4v) is 4.35. The molecular formula is C20H22N4O4S. The summed E-state index contributed by atoms with van der Waals surface area (Å²) in [5.41, 5.74) is 0.798. The fraction of sp³-hybridized carbons (Fsp3) is 0.300. The Balaban J connectivity index is 1.78. The Labute approximate surface area is 170 Å². The van der Waals surface area contributed by atoms with Gasteiger partial charge in [-0.05, 0) is 30.3 Å². The third-order valence-corrected chi connectivity index (χ3v) is 6.18. The van der Waals surface area contributed by atoms with Crippen LogP contribution in [0, 0.1) is 11.3 Å². The predicted octanol–water partition coefficient (Wildman–Crippen LogP) is 2.22. The SMILES string of the molecule is N#CCCN1CCN(c2ccc(NS(=O)(=O)c3ccccc3)cc2C(=O)O)CC1. The molecule has 0 radical (unpaired) electrons. The normalized spacial score (nSPS) is 14.9. The maximum Gasteiger partial charge on any atom is 0.337 e. The molecule has 3 rings (SSSR count). The van der Waals surface area contributed by atoms with Crippen molar-refractivity contribution in [3.05, 3.63) is 54.1 Å². The van der Waals surface area contributed by atoms with Crippen LogP contribution in [0.15, 0.2) is 53.4 Å². The summed E-state index contributed by atoms with van der Waals surface area (Å²) in [4.78, 5) is 16.1. The van der Waals surface area contributed by atoms with Crippen molar-refractivity contribution in [2.75, 3.05) is 42.3 Å². The summed E-state index contributed by atoms with van der Waals surface area (Å²) in [6.45, 7) is 3.46. The molecule has 0 amide bonds. The molecule has 8 nitrogen and oxygen atoms in total. The summed E-state index contributed by atoms with van der Waals surface area (Å²) in [6.07, 6.45) is 0.469. The second kappa shape index (κ2) is 8.94. The minimum absolute atomic E-state index is 0.0451. The molecule has 9 heteroatoms. The number of hydrogen-bond donors (Lipinski definition) is 2. The van der Waals surface area contributed by atoms with Gasteiger partial charge in [0.2, 0.25) is 0 Å². The van der Waals surface area contributed by atoms with Gasteiger partial charge in [-0.3, -0.25) is 9.62 Å². The first-order valence-electron chi connectivity index (χ1n) is 9.20. The van der Waals surface area contributed by atoms with Crippen LogP contribution in [0.1, 0.15) is 16.8 Å². The summed E-state index contributed by atoms with van der Waals surface area (Å²) >= 11 is 0. The Morgan fingerprint density at radius 3 is 2.41 bits per heavy atom. The smallest absolute Gasteiger partial charge is 0.337 e. The van der Waals surface area contributed by atoms with Gasteiger partial charge >= 0.3 is 5.97 Å². The van der Waals surface area contributed by atoms with Crippen LogP contribution in [0.25, 0.3) is 0 Å². The van der Waals surface area contributed by atoms with E-state index in [4.69, 9.17) is 5.26 Å². The molecular weight excluding hydrogens is 392 g/mol. The molecule has 1 aliphatic heterocycles. The summed E-state index contributed by atoms with van der Waals surface area (Å²) in [5.74, 6) is -1.12. The second-order valence-electron chi connectivity index (χ2n) is 6.69. The van der Waals surface area contributed by atoms with Gasteiger partial charge in [-0.15, -0.1) is 0 Å². The first kappa shape index (κ1) is 20.6. The van der Waals surface area contributed by atoms with Crippen molar-refractivity contribution in [1.29, 1.82) is 5.26 Å². The number of carbonyl (C=O) groups is 1. The average molecular weight is 414 g/mol. The molecule has 0 aliphatic carbocycles. The highest BCUT2D eigenvalue weighted by molar-refractivity contribution is 7.92. The van der Waals surface area contributed by atoms with Crippen molar-refractivity contribution in [3.63, 3.8) is 0 Å². The lowest BCUT2D eigenvalue weighted by Crippen LogP contribution is -2.47. The minimum Gasteiger partial charge on any atom is -0.478 e. The highest BCUT2D eigenvalue weighted by atomic mass is 32.2. The molecule has 0 bridgehead atoms. The minimum atomic E-state index is -3.80. The second-order valence-corrected chi connectivity index (χ2v) is 8.37. The number of benzene rings is 2. The van der Waals surface area contributed by atoms with E-state index in [0.717, 1.165) is 13.1 Å². The van der Waals surface area contributed by atoms with E-state index in [0.29, 0.717) is 31.7 Å². The van der Waals surface area contributed by atoms with Crippen LogP contribution in [-0.4, -0.2) is 57.1 Å². The highest BCUT2D eigenvalue weighted by Crippen LogP contribution is 2.27. The van der Waals surface area contributed by atoms with E-state index >= 15 is 0 Å². The van der Waals surface area contributed by atoms with E-state index in [1.165, 1.54) is 18.2 Å². The Kier molecular flexibility index (Phi) is 6.36. The van der Waals surface area contributed by atoms with Gasteiger partial charge in [-0.1, -0.05) is 18.2 Å². The number of aromatic carboxylic acids is 1. The molecule has 0 unspecified atom stereocenters. The average Bonchev–Trinajstić information content (AvgIpc) is 2.73. The van der Waals surface area contributed by atoms with E-state index in [1.807, 2.05) is 4.90 Å². The van der Waals surface area contributed by atoms with Crippen molar-refractivity contribution in [2.24, 2.45) is 0 Å². The van der Waals surface area contributed by atoms with Crippen LogP contribution in [0.3, 0.4) is 0 Å². The summed E-state index contributed by atoms with van der Waals surface area (Å²) in [6, 6.07) is 14.6. The number of carboxylic acids is 1. The number of nitrogens with zero attached hydrogens (tertiary/aromatic N) is 3. The van der Waals surface area contributed by atoms with Crippen LogP contribution in [-0.2, 0) is 10.0 Å². The monoisotopic (exact) mass is 414 g/mol. The van der Waals surface area contributed by atoms with Gasteiger partial charge in [0, 0.05) is 44.8 Å². The van der Waals surface area contributed by atoms with E-state index in [2.05, 4.69) is 15.7 Å². The van der Waals surface area contributed by atoms with E-state index < -0.39 is 16.0 Å². The van der Waals surface area contributed by atoms with Crippen LogP contribution in [0.2, 0.25) is 0 Å². The molecule has 0 aromatic heterocycles. The van der Waals surface area contributed by atoms with Crippen LogP contribution in [0.5, 0.6) is 0 Å². The number of nitriles is 1. The lowest BCUT2D eigenvalue weighted by molar-refractivity contribution is 0.0697. The molecule has 1 fully saturated rings. The van der Waals surface area contributed by atoms with Gasteiger partial charge in [-0.2, -0.15) is 5.26 Å². The summed E-state index contributed by atoms with van der Waals surface area (Å²) < 4.78 is 27.4. The summed E-state index contributed by atoms with van der Waals surface area (Å²) in [5, 5.41) is 18.4. The van der Waals surface area contributed by atoms with Crippen LogP contribution < -0.4 is 9.62 Å². The largest absolute Gasteiger partial charge is 0.478 e. The van der Waals surface area contributed by atoms with Gasteiger partial charge in [0.15, 0.2) is 0 Å². The molecule has 2 N–H and O–H groups in total. The summed E-state index contributed by atoms with van der Waals surface area (Å²) in [7, 11) is -3.80. The van der Waals surface area contributed by atoms with E-state index in [9.17, 15) is 18.3 Å². The Morgan fingerprint density at radius 2 is 1.79 bits per heavy atom. The van der Waals surface area contributed by atoms with Gasteiger partial charge in [0.05, 0.1) is 22.2 Å². The van der Waals surface area contributed by atoms with E-state index in [-0.39, 0.29) is 16.1 Å². The van der Waals surface area contributed by atoms with Crippen molar-refractivity contribution in [3.8, 4) is 6.07 Å². The zero-order valence-corrected chi connectivity index (χ0v) is 16.6. The number of anilines is 2. The molecule has 1 saturated heterocycles. The number of nitrogens with one attached hydrogen (secondary N) is 1. The number of piperazine rings is 1. The van der Waals surface area contributed by atoms with Gasteiger partial charge in [-0.25, -0.2) is 13.2 Å². The predicted molar refractivity (Wildman–Crippen MR) is 110 cm³/mol. The first-order chi connectivity index (χ1) is 13.9. The molecule has 0 atom stereocenters. The lowest BCUT2D eigenvalue weighted by Gasteiger charge is -2.36. The van der Waals surface area contributed by atoms with E-state index in [1.54, 1.807) is 30.3 Å². The molecule has 2 aromatic rings. The molecule has 0 spiro atoms. The zero-order chi connectivity index (χ0) is 20.9.